The Morgan fingerprint density at radius 3 is 2.52 bits per heavy atom. The molecule has 2 aromatic rings. The summed E-state index contributed by atoms with van der Waals surface area (Å²) in [5, 5.41) is 16.3. The van der Waals surface area contributed by atoms with Crippen molar-refractivity contribution in [1.29, 1.82) is 0 Å². The Morgan fingerprint density at radius 2 is 1.89 bits per heavy atom. The number of carboxylic acid groups (broad SMARTS) is 1. The number of pyridine rings is 1. The monoisotopic (exact) mass is 367 g/mol. The Hall–Kier alpha value is -3.48. The lowest BCUT2D eigenvalue weighted by Crippen LogP contribution is -2.33. The van der Waals surface area contributed by atoms with Crippen LogP contribution >= 0.6 is 0 Å². The number of benzene rings is 1. The number of ether oxygens (including phenoxy) is 2. The highest BCUT2D eigenvalue weighted by Gasteiger charge is 2.34. The molecule has 1 aliphatic heterocycles. The molecule has 140 valence electrons. The van der Waals surface area contributed by atoms with E-state index in [0.29, 0.717) is 28.5 Å². The normalized spacial score (nSPS) is 18.0. The molecule has 0 bridgehead atoms. The van der Waals surface area contributed by atoms with Crippen LogP contribution in [-0.2, 0) is 14.3 Å². The second kappa shape index (κ2) is 7.82. The summed E-state index contributed by atoms with van der Waals surface area (Å²) >= 11 is 0. The van der Waals surface area contributed by atoms with Crippen molar-refractivity contribution in [3.63, 3.8) is 0 Å². The number of rotatable bonds is 5. The smallest absolute Gasteiger partial charge is 0.331 e. The summed E-state index contributed by atoms with van der Waals surface area (Å²) in [7, 11) is 3.07. The van der Waals surface area contributed by atoms with E-state index >= 15 is 0 Å². The van der Waals surface area contributed by atoms with Crippen molar-refractivity contribution in [2.75, 3.05) is 24.9 Å². The van der Waals surface area contributed by atoms with Gasteiger partial charge in [-0.1, -0.05) is 12.1 Å². The van der Waals surface area contributed by atoms with Gasteiger partial charge in [-0.3, -0.25) is 4.98 Å². The molecule has 0 saturated heterocycles. The predicted octanol–water partition coefficient (Wildman–Crippen LogP) is 3.31. The molecule has 3 N–H and O–H groups in total. The molecule has 0 fully saturated rings. The maximum Gasteiger partial charge on any atom is 0.331 e. The van der Waals surface area contributed by atoms with Crippen LogP contribution in [0.3, 0.4) is 0 Å². The molecular formula is C20H21N3O4. The van der Waals surface area contributed by atoms with Crippen molar-refractivity contribution >= 4 is 23.1 Å². The molecule has 3 rings (SSSR count). The number of nitrogens with one attached hydrogen (secondary N) is 2. The molecule has 1 aliphatic rings. The number of fused-ring (bicyclic) bond motifs is 1. The zero-order valence-electron chi connectivity index (χ0n) is 15.3. The molecule has 1 atom stereocenters. The highest BCUT2D eigenvalue weighted by molar-refractivity contribution is 5.91. The van der Waals surface area contributed by atoms with Crippen LogP contribution in [0.4, 0.5) is 11.4 Å². The number of hydrogen-bond acceptors (Lipinski definition) is 6. The number of aromatic nitrogens is 1. The van der Waals surface area contributed by atoms with Crippen molar-refractivity contribution < 1.29 is 19.4 Å². The number of methoxy groups -OCH3 is 2. The molecule has 2 heterocycles. The van der Waals surface area contributed by atoms with Gasteiger partial charge in [0.25, 0.3) is 0 Å². The SMILES string of the molecule is COC(C)=C1C(Nc2ccncc2)=C(OC)c2ccccc2NC1C(=O)O. The van der Waals surface area contributed by atoms with E-state index in [-0.39, 0.29) is 0 Å². The van der Waals surface area contributed by atoms with Crippen LogP contribution in [0, 0.1) is 0 Å². The van der Waals surface area contributed by atoms with Gasteiger partial charge in [-0.05, 0) is 31.2 Å². The van der Waals surface area contributed by atoms with Gasteiger partial charge in [-0.15, -0.1) is 0 Å². The van der Waals surface area contributed by atoms with E-state index in [1.165, 1.54) is 7.11 Å². The average molecular weight is 367 g/mol. The fourth-order valence-electron chi connectivity index (χ4n) is 3.03. The molecule has 0 amide bonds. The summed E-state index contributed by atoms with van der Waals surface area (Å²) < 4.78 is 11.1. The molecule has 1 unspecified atom stereocenters. The van der Waals surface area contributed by atoms with E-state index < -0.39 is 12.0 Å². The van der Waals surface area contributed by atoms with E-state index in [1.807, 2.05) is 24.3 Å². The molecule has 0 aliphatic carbocycles. The summed E-state index contributed by atoms with van der Waals surface area (Å²) in [5.74, 6) is -0.0403. The third-order valence-electron chi connectivity index (χ3n) is 4.34. The maximum absolute atomic E-state index is 12.1. The van der Waals surface area contributed by atoms with Gasteiger partial charge in [-0.2, -0.15) is 0 Å². The molecule has 27 heavy (non-hydrogen) atoms. The van der Waals surface area contributed by atoms with Gasteiger partial charge in [0.2, 0.25) is 0 Å². The van der Waals surface area contributed by atoms with Crippen molar-refractivity contribution in [3.05, 3.63) is 71.4 Å². The fourth-order valence-corrected chi connectivity index (χ4v) is 3.03. The zero-order valence-corrected chi connectivity index (χ0v) is 15.3. The lowest BCUT2D eigenvalue weighted by atomic mass is 10.0. The van der Waals surface area contributed by atoms with Crippen LogP contribution in [-0.4, -0.2) is 36.3 Å². The first-order chi connectivity index (χ1) is 13.1. The molecule has 0 saturated carbocycles. The van der Waals surface area contributed by atoms with Gasteiger partial charge in [0.15, 0.2) is 11.8 Å². The fraction of sp³-hybridized carbons (Fsp3) is 0.200. The van der Waals surface area contributed by atoms with E-state index in [9.17, 15) is 9.90 Å². The van der Waals surface area contributed by atoms with Crippen LogP contribution in [0.1, 0.15) is 12.5 Å². The van der Waals surface area contributed by atoms with E-state index in [4.69, 9.17) is 9.47 Å². The number of aliphatic carboxylic acids is 1. The Morgan fingerprint density at radius 1 is 1.19 bits per heavy atom. The lowest BCUT2D eigenvalue weighted by molar-refractivity contribution is -0.137. The van der Waals surface area contributed by atoms with Gasteiger partial charge in [0, 0.05) is 29.3 Å². The van der Waals surface area contributed by atoms with Gasteiger partial charge in [0.1, 0.15) is 5.76 Å². The largest absolute Gasteiger partial charge is 0.501 e. The van der Waals surface area contributed by atoms with Gasteiger partial charge in [-0.25, -0.2) is 4.79 Å². The van der Waals surface area contributed by atoms with Crippen LogP contribution in [0.2, 0.25) is 0 Å². The van der Waals surface area contributed by atoms with Crippen molar-refractivity contribution in [2.24, 2.45) is 0 Å². The van der Waals surface area contributed by atoms with Crippen LogP contribution in [0.5, 0.6) is 0 Å². The Balaban J connectivity index is 2.30. The van der Waals surface area contributed by atoms with Crippen molar-refractivity contribution in [1.82, 2.24) is 4.98 Å². The third-order valence-corrected chi connectivity index (χ3v) is 4.34. The number of nitrogens with zero attached hydrogens (tertiary/aromatic N) is 1. The Bertz CT molecular complexity index is 906. The number of para-hydroxylation sites is 1. The molecule has 7 nitrogen and oxygen atoms in total. The summed E-state index contributed by atoms with van der Waals surface area (Å²) in [6.07, 6.45) is 3.30. The minimum Gasteiger partial charge on any atom is -0.501 e. The molecule has 0 spiro atoms. The van der Waals surface area contributed by atoms with Crippen molar-refractivity contribution in [2.45, 2.75) is 13.0 Å². The number of anilines is 2. The average Bonchev–Trinajstić information content (AvgIpc) is 2.82. The minimum absolute atomic E-state index is 0.454. The van der Waals surface area contributed by atoms with Gasteiger partial charge < -0.3 is 25.2 Å². The second-order valence-electron chi connectivity index (χ2n) is 5.90. The lowest BCUT2D eigenvalue weighted by Gasteiger charge is -2.22. The summed E-state index contributed by atoms with van der Waals surface area (Å²) in [5.41, 5.74) is 3.14. The molecular weight excluding hydrogens is 346 g/mol. The minimum atomic E-state index is -1.03. The van der Waals surface area contributed by atoms with Crippen LogP contribution < -0.4 is 10.6 Å². The van der Waals surface area contributed by atoms with E-state index in [0.717, 1.165) is 11.3 Å². The summed E-state index contributed by atoms with van der Waals surface area (Å²) in [6, 6.07) is 9.96. The van der Waals surface area contributed by atoms with Crippen LogP contribution in [0.15, 0.2) is 65.8 Å². The highest BCUT2D eigenvalue weighted by atomic mass is 16.5. The Labute approximate surface area is 157 Å². The molecule has 1 aromatic carbocycles. The number of hydrogen-bond donors (Lipinski definition) is 3. The predicted molar refractivity (Wildman–Crippen MR) is 103 cm³/mol. The second-order valence-corrected chi connectivity index (χ2v) is 5.90. The molecule has 0 radical (unpaired) electrons. The first-order valence-corrected chi connectivity index (χ1v) is 8.36. The third kappa shape index (κ3) is 3.57. The first-order valence-electron chi connectivity index (χ1n) is 8.36. The van der Waals surface area contributed by atoms with Gasteiger partial charge >= 0.3 is 5.97 Å². The maximum atomic E-state index is 12.1. The number of carboxylic acids is 1. The topological polar surface area (TPSA) is 92.7 Å². The standard InChI is InChI=1S/C20H21N3O4/c1-12(26-2)16-17(22-13-8-10-21-11-9-13)19(27-3)14-6-4-5-7-15(14)23-18(16)20(24)25/h4-11,18,23H,1-3H3,(H,21,22)(H,24,25). The highest BCUT2D eigenvalue weighted by Crippen LogP contribution is 2.37. The van der Waals surface area contributed by atoms with Crippen molar-refractivity contribution in [3.8, 4) is 0 Å². The van der Waals surface area contributed by atoms with Crippen LogP contribution in [0.25, 0.3) is 5.76 Å². The molecule has 7 heteroatoms. The van der Waals surface area contributed by atoms with E-state index in [1.54, 1.807) is 38.6 Å². The number of allylic oxidation sites excluding steroid dienone is 1. The molecule has 1 aromatic heterocycles. The summed E-state index contributed by atoms with van der Waals surface area (Å²) in [6.45, 7) is 1.73. The Kier molecular flexibility index (Phi) is 5.30. The summed E-state index contributed by atoms with van der Waals surface area (Å²) in [4.78, 5) is 16.1. The first kappa shape index (κ1) is 18.3. The number of carbonyl (C=O) groups is 1. The van der Waals surface area contributed by atoms with Gasteiger partial charge in [0.05, 0.1) is 25.5 Å². The van der Waals surface area contributed by atoms with E-state index in [2.05, 4.69) is 15.6 Å². The quantitative estimate of drug-likeness (QED) is 0.698. The zero-order chi connectivity index (χ0) is 19.4.